The Balaban J connectivity index is 1.72. The molecule has 1 saturated heterocycles. The number of hydrogen-bond donors (Lipinski definition) is 1. The molecular weight excluding hydrogens is 270 g/mol. The number of fused-ring (bicyclic) bond motifs is 1. The zero-order valence-electron chi connectivity index (χ0n) is 12.2. The fourth-order valence-corrected chi connectivity index (χ4v) is 3.06. The third-order valence-electron chi connectivity index (χ3n) is 4.23. The van der Waals surface area contributed by atoms with Crippen LogP contribution in [0.4, 0.5) is 0 Å². The molecule has 21 heavy (non-hydrogen) atoms. The molecule has 1 aromatic carbocycles. The van der Waals surface area contributed by atoms with Crippen LogP contribution in [0.15, 0.2) is 18.2 Å². The van der Waals surface area contributed by atoms with E-state index in [2.05, 4.69) is 0 Å². The molecule has 0 bridgehead atoms. The second-order valence-electron chi connectivity index (χ2n) is 5.71. The summed E-state index contributed by atoms with van der Waals surface area (Å²) in [6.07, 6.45) is 1.22. The molecule has 2 aliphatic rings. The molecule has 2 aliphatic heterocycles. The number of benzene rings is 1. The van der Waals surface area contributed by atoms with Gasteiger partial charge in [-0.05, 0) is 29.5 Å². The van der Waals surface area contributed by atoms with Crippen LogP contribution in [0.1, 0.15) is 35.6 Å². The molecule has 0 radical (unpaired) electrons. The Morgan fingerprint density at radius 2 is 2.29 bits per heavy atom. The van der Waals surface area contributed by atoms with E-state index in [-0.39, 0.29) is 18.6 Å². The highest BCUT2D eigenvalue weighted by Crippen LogP contribution is 2.30. The number of carbonyl (C=O) groups excluding carboxylic acids is 1. The molecule has 5 nitrogen and oxygen atoms in total. The van der Waals surface area contributed by atoms with Crippen molar-refractivity contribution in [3.05, 3.63) is 34.9 Å². The van der Waals surface area contributed by atoms with Crippen molar-refractivity contribution in [2.24, 2.45) is 0 Å². The Morgan fingerprint density at radius 1 is 1.48 bits per heavy atom. The first-order valence-electron chi connectivity index (χ1n) is 7.37. The summed E-state index contributed by atoms with van der Waals surface area (Å²) in [4.78, 5) is 13.6. The van der Waals surface area contributed by atoms with Gasteiger partial charge in [-0.3, -0.25) is 4.79 Å². The van der Waals surface area contributed by atoms with E-state index in [1.807, 2.05) is 18.2 Å². The number of amides is 1. The molecule has 114 valence electrons. The summed E-state index contributed by atoms with van der Waals surface area (Å²) in [6.45, 7) is 2.04. The minimum Gasteiger partial charge on any atom is -0.386 e. The monoisotopic (exact) mass is 291 g/mol. The molecule has 0 saturated carbocycles. The zero-order chi connectivity index (χ0) is 14.8. The summed E-state index contributed by atoms with van der Waals surface area (Å²) in [7, 11) is 1.52. The first-order chi connectivity index (χ1) is 10.2. The molecule has 5 heteroatoms. The van der Waals surface area contributed by atoms with Crippen LogP contribution >= 0.6 is 0 Å². The lowest BCUT2D eigenvalue weighted by Crippen LogP contribution is -2.28. The van der Waals surface area contributed by atoms with Gasteiger partial charge in [0, 0.05) is 26.8 Å². The number of rotatable bonds is 4. The van der Waals surface area contributed by atoms with Gasteiger partial charge < -0.3 is 19.5 Å². The predicted octanol–water partition coefficient (Wildman–Crippen LogP) is 1.39. The normalized spacial score (nSPS) is 22.4. The zero-order valence-corrected chi connectivity index (χ0v) is 12.2. The maximum atomic E-state index is 11.9. The molecule has 2 heterocycles. The van der Waals surface area contributed by atoms with Gasteiger partial charge in [0.1, 0.15) is 12.7 Å². The number of methoxy groups -OCH3 is 1. The van der Waals surface area contributed by atoms with Crippen molar-refractivity contribution in [1.82, 2.24) is 4.90 Å². The van der Waals surface area contributed by atoms with Crippen molar-refractivity contribution < 1.29 is 19.4 Å². The van der Waals surface area contributed by atoms with Crippen LogP contribution in [-0.4, -0.2) is 42.3 Å². The molecule has 2 atom stereocenters. The summed E-state index contributed by atoms with van der Waals surface area (Å²) in [5.41, 5.74) is 3.12. The molecule has 1 aromatic rings. The van der Waals surface area contributed by atoms with Crippen LogP contribution < -0.4 is 0 Å². The quantitative estimate of drug-likeness (QED) is 0.910. The third-order valence-corrected chi connectivity index (χ3v) is 4.23. The average Bonchev–Trinajstić information content (AvgIpc) is 3.15. The highest BCUT2D eigenvalue weighted by molar-refractivity contribution is 5.78. The highest BCUT2D eigenvalue weighted by Gasteiger charge is 2.28. The number of hydrogen-bond acceptors (Lipinski definition) is 4. The molecule has 0 aromatic heterocycles. The summed E-state index contributed by atoms with van der Waals surface area (Å²) < 4.78 is 10.4. The van der Waals surface area contributed by atoms with E-state index in [1.54, 1.807) is 4.90 Å². The van der Waals surface area contributed by atoms with Gasteiger partial charge in [-0.15, -0.1) is 0 Å². The first kappa shape index (κ1) is 14.5. The number of nitrogens with zero attached hydrogens (tertiary/aromatic N) is 1. The predicted molar refractivity (Wildman–Crippen MR) is 76.5 cm³/mol. The molecule has 3 rings (SSSR count). The minimum absolute atomic E-state index is 0.00470. The van der Waals surface area contributed by atoms with E-state index >= 15 is 0 Å². The second-order valence-corrected chi connectivity index (χ2v) is 5.71. The molecule has 0 spiro atoms. The Labute approximate surface area is 124 Å². The van der Waals surface area contributed by atoms with Gasteiger partial charge >= 0.3 is 0 Å². The standard InChI is InChI=1S/C16H21NO4/c1-20-10-15(18)17-8-12-5-4-11(7-13(12)9-17)16(19)14-3-2-6-21-14/h4-5,7,14,16,19H,2-3,6,8-10H2,1H3. The highest BCUT2D eigenvalue weighted by atomic mass is 16.5. The van der Waals surface area contributed by atoms with Crippen LogP contribution in [0, 0.1) is 0 Å². The second kappa shape index (κ2) is 6.13. The molecule has 0 aliphatic carbocycles. The molecule has 1 fully saturated rings. The van der Waals surface area contributed by atoms with E-state index < -0.39 is 6.10 Å². The number of carbonyl (C=O) groups is 1. The van der Waals surface area contributed by atoms with Gasteiger partial charge in [-0.1, -0.05) is 18.2 Å². The Hall–Kier alpha value is -1.43. The summed E-state index contributed by atoms with van der Waals surface area (Å²) in [5.74, 6) is -0.00470. The van der Waals surface area contributed by atoms with Gasteiger partial charge in [0.2, 0.25) is 5.91 Å². The van der Waals surface area contributed by atoms with Crippen molar-refractivity contribution >= 4 is 5.91 Å². The van der Waals surface area contributed by atoms with Crippen LogP contribution in [0.25, 0.3) is 0 Å². The Morgan fingerprint density at radius 3 is 3.00 bits per heavy atom. The van der Waals surface area contributed by atoms with Crippen molar-refractivity contribution in [3.63, 3.8) is 0 Å². The van der Waals surface area contributed by atoms with Gasteiger partial charge in [-0.2, -0.15) is 0 Å². The van der Waals surface area contributed by atoms with E-state index in [0.29, 0.717) is 13.1 Å². The van der Waals surface area contributed by atoms with Crippen LogP contribution in [0.5, 0.6) is 0 Å². The van der Waals surface area contributed by atoms with Gasteiger partial charge in [0.25, 0.3) is 0 Å². The van der Waals surface area contributed by atoms with E-state index in [1.165, 1.54) is 7.11 Å². The fourth-order valence-electron chi connectivity index (χ4n) is 3.06. The topological polar surface area (TPSA) is 59.0 Å². The van der Waals surface area contributed by atoms with E-state index in [9.17, 15) is 9.90 Å². The molecule has 1 N–H and O–H groups in total. The number of ether oxygens (including phenoxy) is 2. The minimum atomic E-state index is -0.582. The lowest BCUT2D eigenvalue weighted by atomic mass is 9.98. The lowest BCUT2D eigenvalue weighted by molar-refractivity contribution is -0.135. The van der Waals surface area contributed by atoms with Crippen molar-refractivity contribution in [1.29, 1.82) is 0 Å². The number of aliphatic hydroxyl groups is 1. The van der Waals surface area contributed by atoms with E-state index in [4.69, 9.17) is 9.47 Å². The SMILES string of the molecule is COCC(=O)N1Cc2ccc(C(O)C3CCCO3)cc2C1. The molecule has 1 amide bonds. The van der Waals surface area contributed by atoms with Crippen molar-refractivity contribution in [2.45, 2.75) is 38.1 Å². The Kier molecular flexibility index (Phi) is 4.24. The summed E-state index contributed by atoms with van der Waals surface area (Å²) in [6, 6.07) is 5.94. The van der Waals surface area contributed by atoms with Crippen molar-refractivity contribution in [2.75, 3.05) is 20.3 Å². The van der Waals surface area contributed by atoms with Crippen LogP contribution in [0.3, 0.4) is 0 Å². The van der Waals surface area contributed by atoms with Crippen LogP contribution in [-0.2, 0) is 27.4 Å². The molecular formula is C16H21NO4. The number of aliphatic hydroxyl groups excluding tert-OH is 1. The Bertz CT molecular complexity index is 525. The van der Waals surface area contributed by atoms with Gasteiger partial charge in [0.05, 0.1) is 6.10 Å². The summed E-state index contributed by atoms with van der Waals surface area (Å²) >= 11 is 0. The van der Waals surface area contributed by atoms with Crippen LogP contribution in [0.2, 0.25) is 0 Å². The maximum Gasteiger partial charge on any atom is 0.249 e. The largest absolute Gasteiger partial charge is 0.386 e. The first-order valence-corrected chi connectivity index (χ1v) is 7.37. The lowest BCUT2D eigenvalue weighted by Gasteiger charge is -2.18. The third kappa shape index (κ3) is 2.95. The average molecular weight is 291 g/mol. The van der Waals surface area contributed by atoms with Crippen molar-refractivity contribution in [3.8, 4) is 0 Å². The fraction of sp³-hybridized carbons (Fsp3) is 0.562. The summed E-state index contributed by atoms with van der Waals surface area (Å²) in [5, 5.41) is 10.4. The molecule has 2 unspecified atom stereocenters. The van der Waals surface area contributed by atoms with Gasteiger partial charge in [-0.25, -0.2) is 0 Å². The maximum absolute atomic E-state index is 11.9. The van der Waals surface area contributed by atoms with E-state index in [0.717, 1.165) is 36.1 Å². The smallest absolute Gasteiger partial charge is 0.249 e. The van der Waals surface area contributed by atoms with Gasteiger partial charge in [0.15, 0.2) is 0 Å².